The second-order valence-electron chi connectivity index (χ2n) is 4.01. The van der Waals surface area contributed by atoms with Crippen molar-refractivity contribution in [1.29, 1.82) is 0 Å². The van der Waals surface area contributed by atoms with Crippen molar-refractivity contribution in [2.45, 2.75) is 39.8 Å². The molecule has 2 nitrogen and oxygen atoms in total. The van der Waals surface area contributed by atoms with E-state index in [-0.39, 0.29) is 5.78 Å². The Kier molecular flexibility index (Phi) is 4.50. The first kappa shape index (κ1) is 11.9. The van der Waals surface area contributed by atoms with Crippen LogP contribution in [0.3, 0.4) is 0 Å². The third-order valence-electron chi connectivity index (χ3n) is 2.31. The van der Waals surface area contributed by atoms with E-state index in [1.54, 1.807) is 0 Å². The van der Waals surface area contributed by atoms with Crippen LogP contribution < -0.4 is 5.32 Å². The highest BCUT2D eigenvalue weighted by atomic mass is 16.1. The topological polar surface area (TPSA) is 29.1 Å². The average Bonchev–Trinajstić information content (AvgIpc) is 2.26. The van der Waals surface area contributed by atoms with Crippen LogP contribution in [0, 0.1) is 0 Å². The van der Waals surface area contributed by atoms with Gasteiger partial charge in [-0.05, 0) is 5.56 Å². The molecule has 1 rings (SSSR count). The molecule has 1 aromatic carbocycles. The van der Waals surface area contributed by atoms with Gasteiger partial charge in [-0.25, -0.2) is 0 Å². The number of rotatable bonds is 5. The summed E-state index contributed by atoms with van der Waals surface area (Å²) in [6.45, 7) is 6.98. The van der Waals surface area contributed by atoms with E-state index in [4.69, 9.17) is 0 Å². The summed E-state index contributed by atoms with van der Waals surface area (Å²) in [6, 6.07) is 8.32. The van der Waals surface area contributed by atoms with Crippen LogP contribution in [0.5, 0.6) is 0 Å². The monoisotopic (exact) mass is 205 g/mol. The summed E-state index contributed by atoms with van der Waals surface area (Å²) in [5, 5.41) is 3.34. The Morgan fingerprint density at radius 1 is 1.27 bits per heavy atom. The van der Waals surface area contributed by atoms with Crippen LogP contribution in [0.2, 0.25) is 0 Å². The molecule has 82 valence electrons. The second-order valence-corrected chi connectivity index (χ2v) is 4.01. The van der Waals surface area contributed by atoms with Gasteiger partial charge in [-0.2, -0.15) is 0 Å². The highest BCUT2D eigenvalue weighted by Crippen LogP contribution is 2.06. The molecule has 0 aliphatic carbocycles. The molecule has 0 spiro atoms. The highest BCUT2D eigenvalue weighted by molar-refractivity contribution is 5.95. The van der Waals surface area contributed by atoms with Crippen molar-refractivity contribution < 1.29 is 4.79 Å². The van der Waals surface area contributed by atoms with Crippen LogP contribution in [0.25, 0.3) is 0 Å². The molecule has 0 heterocycles. The van der Waals surface area contributed by atoms with Gasteiger partial charge in [-0.1, -0.05) is 45.0 Å². The van der Waals surface area contributed by atoms with E-state index >= 15 is 0 Å². The Bertz CT molecular complexity index is 314. The molecule has 0 bridgehead atoms. The van der Waals surface area contributed by atoms with Crippen molar-refractivity contribution in [3.63, 3.8) is 0 Å². The first-order chi connectivity index (χ1) is 7.13. The number of nitrogens with one attached hydrogen (secondary N) is 1. The van der Waals surface area contributed by atoms with Crippen LogP contribution in [0.4, 0.5) is 0 Å². The van der Waals surface area contributed by atoms with Gasteiger partial charge in [-0.15, -0.1) is 0 Å². The molecule has 1 N–H and O–H groups in total. The predicted molar refractivity (Wildman–Crippen MR) is 63.0 cm³/mol. The molecule has 2 heteroatoms. The quantitative estimate of drug-likeness (QED) is 0.749. The Labute approximate surface area is 91.7 Å². The first-order valence-corrected chi connectivity index (χ1v) is 5.49. The van der Waals surface area contributed by atoms with Crippen LogP contribution in [-0.4, -0.2) is 11.8 Å². The third-order valence-corrected chi connectivity index (χ3v) is 2.31. The average molecular weight is 205 g/mol. The molecule has 0 saturated heterocycles. The van der Waals surface area contributed by atoms with Crippen molar-refractivity contribution in [3.8, 4) is 0 Å². The molecule has 0 aliphatic rings. The van der Waals surface area contributed by atoms with Gasteiger partial charge in [0, 0.05) is 24.6 Å². The van der Waals surface area contributed by atoms with Crippen LogP contribution in [-0.2, 0) is 6.54 Å². The van der Waals surface area contributed by atoms with Crippen LogP contribution >= 0.6 is 0 Å². The van der Waals surface area contributed by atoms with E-state index in [9.17, 15) is 4.79 Å². The van der Waals surface area contributed by atoms with Crippen molar-refractivity contribution in [3.05, 3.63) is 35.4 Å². The molecule has 15 heavy (non-hydrogen) atoms. The maximum Gasteiger partial charge on any atom is 0.162 e. The molecule has 0 unspecified atom stereocenters. The van der Waals surface area contributed by atoms with E-state index in [0.29, 0.717) is 12.5 Å². The van der Waals surface area contributed by atoms with Crippen molar-refractivity contribution in [1.82, 2.24) is 5.32 Å². The molecule has 0 aromatic heterocycles. The fourth-order valence-corrected chi connectivity index (χ4v) is 1.33. The molecule has 0 atom stereocenters. The lowest BCUT2D eigenvalue weighted by Gasteiger charge is -2.08. The lowest BCUT2D eigenvalue weighted by atomic mass is 10.1. The zero-order valence-electron chi connectivity index (χ0n) is 9.71. The van der Waals surface area contributed by atoms with Gasteiger partial charge >= 0.3 is 0 Å². The standard InChI is InChI=1S/C13H19NO/c1-4-13(15)12-7-5-11(6-8-12)9-14-10(2)3/h5-8,10,14H,4,9H2,1-3H3. The van der Waals surface area contributed by atoms with E-state index in [0.717, 1.165) is 12.1 Å². The third kappa shape index (κ3) is 3.84. The summed E-state index contributed by atoms with van der Waals surface area (Å²) >= 11 is 0. The lowest BCUT2D eigenvalue weighted by Crippen LogP contribution is -2.21. The minimum absolute atomic E-state index is 0.207. The molecular formula is C13H19NO. The van der Waals surface area contributed by atoms with Gasteiger partial charge in [0.05, 0.1) is 0 Å². The maximum atomic E-state index is 11.4. The van der Waals surface area contributed by atoms with Crippen molar-refractivity contribution in [2.24, 2.45) is 0 Å². The van der Waals surface area contributed by atoms with Crippen molar-refractivity contribution >= 4 is 5.78 Å². The summed E-state index contributed by atoms with van der Waals surface area (Å²) in [4.78, 5) is 11.4. The number of Topliss-reactive ketones (excluding diaryl/α,β-unsaturated/α-hetero) is 1. The predicted octanol–water partition coefficient (Wildman–Crippen LogP) is 2.78. The van der Waals surface area contributed by atoms with E-state index in [1.165, 1.54) is 5.56 Å². The Morgan fingerprint density at radius 2 is 1.87 bits per heavy atom. The smallest absolute Gasteiger partial charge is 0.162 e. The number of hydrogen-bond donors (Lipinski definition) is 1. The molecular weight excluding hydrogens is 186 g/mol. The fourth-order valence-electron chi connectivity index (χ4n) is 1.33. The van der Waals surface area contributed by atoms with Crippen LogP contribution in [0.15, 0.2) is 24.3 Å². The number of carbonyl (C=O) groups excluding carboxylic acids is 1. The number of ketones is 1. The van der Waals surface area contributed by atoms with Gasteiger partial charge in [0.2, 0.25) is 0 Å². The molecule has 0 radical (unpaired) electrons. The Morgan fingerprint density at radius 3 is 2.33 bits per heavy atom. The van der Waals surface area contributed by atoms with Crippen molar-refractivity contribution in [2.75, 3.05) is 0 Å². The largest absolute Gasteiger partial charge is 0.310 e. The van der Waals surface area contributed by atoms with Gasteiger partial charge in [0.25, 0.3) is 0 Å². The molecule has 0 fully saturated rings. The minimum atomic E-state index is 0.207. The molecule has 0 amide bonds. The Balaban J connectivity index is 2.60. The summed E-state index contributed by atoms with van der Waals surface area (Å²) in [7, 11) is 0. The zero-order valence-corrected chi connectivity index (χ0v) is 9.71. The first-order valence-electron chi connectivity index (χ1n) is 5.49. The number of carbonyl (C=O) groups is 1. The number of benzene rings is 1. The summed E-state index contributed by atoms with van der Waals surface area (Å²) in [6.07, 6.45) is 0.573. The van der Waals surface area contributed by atoms with Gasteiger partial charge in [-0.3, -0.25) is 4.79 Å². The SMILES string of the molecule is CCC(=O)c1ccc(CNC(C)C)cc1. The van der Waals surface area contributed by atoms with E-state index in [2.05, 4.69) is 19.2 Å². The summed E-state index contributed by atoms with van der Waals surface area (Å²) < 4.78 is 0. The van der Waals surface area contributed by atoms with Crippen LogP contribution in [0.1, 0.15) is 43.1 Å². The minimum Gasteiger partial charge on any atom is -0.310 e. The normalized spacial score (nSPS) is 10.7. The molecule has 1 aromatic rings. The van der Waals surface area contributed by atoms with E-state index < -0.39 is 0 Å². The maximum absolute atomic E-state index is 11.4. The molecule has 0 aliphatic heterocycles. The van der Waals surface area contributed by atoms with Gasteiger partial charge < -0.3 is 5.32 Å². The zero-order chi connectivity index (χ0) is 11.3. The lowest BCUT2D eigenvalue weighted by molar-refractivity contribution is 0.0988. The number of hydrogen-bond acceptors (Lipinski definition) is 2. The van der Waals surface area contributed by atoms with E-state index in [1.807, 2.05) is 31.2 Å². The second kappa shape index (κ2) is 5.66. The highest BCUT2D eigenvalue weighted by Gasteiger charge is 2.02. The summed E-state index contributed by atoms with van der Waals surface area (Å²) in [5.74, 6) is 0.207. The van der Waals surface area contributed by atoms with Gasteiger partial charge in [0.15, 0.2) is 5.78 Å². The summed E-state index contributed by atoms with van der Waals surface area (Å²) in [5.41, 5.74) is 2.03. The van der Waals surface area contributed by atoms with Gasteiger partial charge in [0.1, 0.15) is 0 Å². The Hall–Kier alpha value is -1.15. The fraction of sp³-hybridized carbons (Fsp3) is 0.462. The molecule has 0 saturated carbocycles.